The number of aryl methyl sites for hydroxylation is 3. The van der Waals surface area contributed by atoms with Crippen LogP contribution in [0.1, 0.15) is 24.5 Å². The zero-order valence-corrected chi connectivity index (χ0v) is 17.3. The van der Waals surface area contributed by atoms with Crippen LogP contribution >= 0.6 is 0 Å². The second-order valence-corrected chi connectivity index (χ2v) is 9.89. The number of hydroxylamine groups is 1. The van der Waals surface area contributed by atoms with Crippen LogP contribution in [0.4, 0.5) is 0 Å². The molecular weight excluding hydrogens is 390 g/mol. The number of hydrogen-bond donors (Lipinski definition) is 2. The average Bonchev–Trinajstić information content (AvgIpc) is 3.12. The number of hydrogen-bond acceptors (Lipinski definition) is 5. The van der Waals surface area contributed by atoms with Gasteiger partial charge in [0.15, 0.2) is 14.6 Å². The van der Waals surface area contributed by atoms with Gasteiger partial charge in [-0.1, -0.05) is 36.4 Å². The molecule has 0 unspecified atom stereocenters. The molecule has 1 atom stereocenters. The van der Waals surface area contributed by atoms with E-state index in [1.54, 1.807) is 10.9 Å². The van der Waals surface area contributed by atoms with Crippen LogP contribution in [0.25, 0.3) is 10.9 Å². The summed E-state index contributed by atoms with van der Waals surface area (Å²) in [6.45, 7) is 1.53. The molecular formula is C21H25N3O4S. The van der Waals surface area contributed by atoms with Crippen LogP contribution in [0.5, 0.6) is 0 Å². The lowest BCUT2D eigenvalue weighted by Crippen LogP contribution is -2.49. The lowest BCUT2D eigenvalue weighted by atomic mass is 10.0. The number of carbonyl (C=O) groups excluding carboxylic acids is 1. The molecule has 1 amide bonds. The molecule has 0 bridgehead atoms. The molecule has 1 aromatic heterocycles. The number of benzene rings is 2. The van der Waals surface area contributed by atoms with Gasteiger partial charge in [0, 0.05) is 18.2 Å². The van der Waals surface area contributed by atoms with Gasteiger partial charge < -0.3 is 0 Å². The minimum absolute atomic E-state index is 0.00916. The second kappa shape index (κ2) is 8.34. The van der Waals surface area contributed by atoms with Gasteiger partial charge in [0.05, 0.1) is 11.7 Å². The predicted molar refractivity (Wildman–Crippen MR) is 111 cm³/mol. The Hall–Kier alpha value is -2.71. The van der Waals surface area contributed by atoms with Gasteiger partial charge in [-0.15, -0.1) is 0 Å². The van der Waals surface area contributed by atoms with E-state index in [2.05, 4.69) is 23.3 Å². The summed E-state index contributed by atoms with van der Waals surface area (Å²) < 4.78 is 24.2. The lowest BCUT2D eigenvalue weighted by molar-refractivity contribution is -0.131. The Bertz CT molecular complexity index is 1110. The molecule has 0 aliphatic heterocycles. The van der Waals surface area contributed by atoms with Crippen LogP contribution in [0.2, 0.25) is 0 Å². The van der Waals surface area contributed by atoms with Crippen molar-refractivity contribution in [2.24, 2.45) is 0 Å². The first-order valence-electron chi connectivity index (χ1n) is 9.37. The molecule has 3 rings (SSSR count). The summed E-state index contributed by atoms with van der Waals surface area (Å²) in [5.74, 6) is -0.945. The van der Waals surface area contributed by atoms with E-state index >= 15 is 0 Å². The van der Waals surface area contributed by atoms with Crippen LogP contribution in [0.3, 0.4) is 0 Å². The van der Waals surface area contributed by atoms with Crippen LogP contribution in [0, 0.1) is 0 Å². The zero-order chi connectivity index (χ0) is 21.1. The summed E-state index contributed by atoms with van der Waals surface area (Å²) in [4.78, 5) is 12.0. The van der Waals surface area contributed by atoms with Crippen molar-refractivity contribution in [2.45, 2.75) is 37.5 Å². The summed E-state index contributed by atoms with van der Waals surface area (Å²) in [6.07, 6.45) is 4.58. The second-order valence-electron chi connectivity index (χ2n) is 7.44. The Morgan fingerprint density at radius 3 is 2.48 bits per heavy atom. The molecule has 2 N–H and O–H groups in total. The minimum atomic E-state index is -3.74. The summed E-state index contributed by atoms with van der Waals surface area (Å²) in [5, 5.41) is 14.3. The third-order valence-electron chi connectivity index (χ3n) is 5.45. The molecule has 0 aliphatic carbocycles. The van der Waals surface area contributed by atoms with Gasteiger partial charge in [0.25, 0.3) is 5.91 Å². The van der Waals surface area contributed by atoms with Gasteiger partial charge in [0.2, 0.25) is 0 Å². The SMILES string of the molecule is C[C@@](CCn1ncc2cc(CCc3ccccc3)ccc21)(C(=O)NO)S(C)(=O)=O. The first-order valence-corrected chi connectivity index (χ1v) is 11.3. The third kappa shape index (κ3) is 4.49. The molecule has 0 radical (unpaired) electrons. The predicted octanol–water partition coefficient (Wildman–Crippen LogP) is 2.52. The summed E-state index contributed by atoms with van der Waals surface area (Å²) in [6, 6.07) is 16.4. The number of carbonyl (C=O) groups is 1. The number of sulfone groups is 1. The molecule has 8 heteroatoms. The highest BCUT2D eigenvalue weighted by Gasteiger charge is 2.43. The average molecular weight is 416 g/mol. The highest BCUT2D eigenvalue weighted by atomic mass is 32.2. The van der Waals surface area contributed by atoms with E-state index < -0.39 is 20.5 Å². The summed E-state index contributed by atoms with van der Waals surface area (Å²) in [5.41, 5.74) is 4.81. The van der Waals surface area contributed by atoms with Crippen molar-refractivity contribution in [3.63, 3.8) is 0 Å². The molecule has 7 nitrogen and oxygen atoms in total. The van der Waals surface area contributed by atoms with Crippen LogP contribution in [-0.2, 0) is 34.0 Å². The van der Waals surface area contributed by atoms with Crippen molar-refractivity contribution >= 4 is 26.6 Å². The van der Waals surface area contributed by atoms with Gasteiger partial charge in [-0.05, 0) is 49.4 Å². The Kier molecular flexibility index (Phi) is 6.04. The van der Waals surface area contributed by atoms with Gasteiger partial charge in [-0.3, -0.25) is 14.7 Å². The van der Waals surface area contributed by atoms with E-state index in [1.807, 2.05) is 30.3 Å². The quantitative estimate of drug-likeness (QED) is 0.435. The maximum absolute atomic E-state index is 12.1. The van der Waals surface area contributed by atoms with E-state index in [4.69, 9.17) is 5.21 Å². The minimum Gasteiger partial charge on any atom is -0.289 e. The topological polar surface area (TPSA) is 101 Å². The van der Waals surface area contributed by atoms with Crippen molar-refractivity contribution in [3.05, 3.63) is 65.9 Å². The molecule has 0 aliphatic rings. The summed E-state index contributed by atoms with van der Waals surface area (Å²) >= 11 is 0. The third-order valence-corrected chi connectivity index (χ3v) is 7.48. The highest BCUT2D eigenvalue weighted by Crippen LogP contribution is 2.24. The Labute approximate surface area is 170 Å². The van der Waals surface area contributed by atoms with Crippen molar-refractivity contribution in [1.29, 1.82) is 0 Å². The summed E-state index contributed by atoms with van der Waals surface area (Å²) in [7, 11) is -3.74. The van der Waals surface area contributed by atoms with Crippen LogP contribution < -0.4 is 5.48 Å². The van der Waals surface area contributed by atoms with Crippen molar-refractivity contribution < 1.29 is 18.4 Å². The van der Waals surface area contributed by atoms with Gasteiger partial charge >= 0.3 is 0 Å². The maximum Gasteiger partial charge on any atom is 0.264 e. The van der Waals surface area contributed by atoms with Crippen LogP contribution in [-0.4, -0.2) is 40.3 Å². The Morgan fingerprint density at radius 2 is 1.83 bits per heavy atom. The standard InChI is InChI=1S/C21H25N3O4S/c1-21(20(25)23-26,29(2,27)28)12-13-24-19-11-10-17(14-18(19)15-22-24)9-8-16-6-4-3-5-7-16/h3-7,10-11,14-15,26H,8-9,12-13H2,1-2H3,(H,23,25)/t21-/m1/s1. The Balaban J connectivity index is 1.75. The molecule has 154 valence electrons. The molecule has 1 heterocycles. The first kappa shape index (κ1) is 21.0. The number of rotatable bonds is 8. The molecule has 0 saturated carbocycles. The van der Waals surface area contributed by atoms with E-state index in [0.29, 0.717) is 0 Å². The molecule has 0 saturated heterocycles. The van der Waals surface area contributed by atoms with E-state index in [-0.39, 0.29) is 13.0 Å². The van der Waals surface area contributed by atoms with Crippen molar-refractivity contribution in [3.8, 4) is 0 Å². The monoisotopic (exact) mass is 415 g/mol. The molecule has 0 fully saturated rings. The van der Waals surface area contributed by atoms with E-state index in [9.17, 15) is 13.2 Å². The molecule has 29 heavy (non-hydrogen) atoms. The first-order chi connectivity index (χ1) is 13.7. The number of nitrogens with one attached hydrogen (secondary N) is 1. The largest absolute Gasteiger partial charge is 0.289 e. The fourth-order valence-corrected chi connectivity index (χ4v) is 4.15. The maximum atomic E-state index is 12.1. The van der Waals surface area contributed by atoms with Gasteiger partial charge in [-0.25, -0.2) is 13.9 Å². The zero-order valence-electron chi connectivity index (χ0n) is 16.5. The van der Waals surface area contributed by atoms with Crippen molar-refractivity contribution in [2.75, 3.05) is 6.26 Å². The number of nitrogens with zero attached hydrogens (tertiary/aromatic N) is 2. The van der Waals surface area contributed by atoms with E-state index in [1.165, 1.54) is 23.5 Å². The smallest absolute Gasteiger partial charge is 0.264 e. The van der Waals surface area contributed by atoms with Gasteiger partial charge in [-0.2, -0.15) is 5.10 Å². The normalized spacial score (nSPS) is 13.9. The molecule has 2 aromatic carbocycles. The number of fused-ring (bicyclic) bond motifs is 1. The fourth-order valence-electron chi connectivity index (χ4n) is 3.31. The highest BCUT2D eigenvalue weighted by molar-refractivity contribution is 7.92. The van der Waals surface area contributed by atoms with Gasteiger partial charge in [0.1, 0.15) is 0 Å². The fraction of sp³-hybridized carbons (Fsp3) is 0.333. The number of amides is 1. The molecule has 0 spiro atoms. The number of aromatic nitrogens is 2. The van der Waals surface area contributed by atoms with E-state index in [0.717, 1.165) is 30.0 Å². The van der Waals surface area contributed by atoms with Crippen molar-refractivity contribution in [1.82, 2.24) is 15.3 Å². The molecule has 3 aromatic rings. The lowest BCUT2D eigenvalue weighted by Gasteiger charge is -2.25. The Morgan fingerprint density at radius 1 is 1.14 bits per heavy atom. The van der Waals surface area contributed by atoms with Crippen LogP contribution in [0.15, 0.2) is 54.7 Å².